The largest absolute Gasteiger partial charge is 0.497 e. The molecule has 0 aromatic heterocycles. The van der Waals surface area contributed by atoms with Crippen LogP contribution in [0.4, 0.5) is 0 Å². The third kappa shape index (κ3) is 6.95. The van der Waals surface area contributed by atoms with Gasteiger partial charge < -0.3 is 24.8 Å². The number of hydrogen-bond acceptors (Lipinski definition) is 5. The summed E-state index contributed by atoms with van der Waals surface area (Å²) < 4.78 is 16.5. The van der Waals surface area contributed by atoms with Gasteiger partial charge in [-0.05, 0) is 35.7 Å². The molecule has 3 rings (SSSR count). The Bertz CT molecular complexity index is 835. The lowest BCUT2D eigenvalue weighted by Gasteiger charge is -2.35. The minimum Gasteiger partial charge on any atom is -0.497 e. The lowest BCUT2D eigenvalue weighted by molar-refractivity contribution is 0.0170. The first-order valence-corrected chi connectivity index (χ1v) is 11.3. The number of morpholine rings is 1. The Kier molecular flexibility index (Phi) is 9.81. The maximum atomic E-state index is 5.61. The third-order valence-corrected chi connectivity index (χ3v) is 5.70. The van der Waals surface area contributed by atoms with Gasteiger partial charge in [-0.1, -0.05) is 36.4 Å². The normalized spacial score (nSPS) is 15.9. The van der Waals surface area contributed by atoms with Crippen LogP contribution in [0.5, 0.6) is 5.75 Å². The molecule has 7 nitrogen and oxygen atoms in total. The van der Waals surface area contributed by atoms with E-state index in [4.69, 9.17) is 14.2 Å². The molecular formula is C25H36N4O3. The summed E-state index contributed by atoms with van der Waals surface area (Å²) in [5, 5.41) is 6.97. The van der Waals surface area contributed by atoms with Crippen molar-refractivity contribution in [2.45, 2.75) is 26.1 Å². The molecule has 1 unspecified atom stereocenters. The number of rotatable bonds is 10. The Morgan fingerprint density at radius 1 is 1.06 bits per heavy atom. The number of nitrogens with zero attached hydrogens (tertiary/aromatic N) is 2. The van der Waals surface area contributed by atoms with Gasteiger partial charge in [0.15, 0.2) is 5.96 Å². The smallest absolute Gasteiger partial charge is 0.191 e. The summed E-state index contributed by atoms with van der Waals surface area (Å²) >= 11 is 0. The highest BCUT2D eigenvalue weighted by atomic mass is 16.5. The van der Waals surface area contributed by atoms with E-state index in [2.05, 4.69) is 50.9 Å². The fourth-order valence-corrected chi connectivity index (χ4v) is 3.85. The second kappa shape index (κ2) is 13.1. The zero-order chi connectivity index (χ0) is 22.6. The fraction of sp³-hybridized carbons (Fsp3) is 0.480. The Hall–Kier alpha value is -2.61. The van der Waals surface area contributed by atoms with Crippen LogP contribution in [0.25, 0.3) is 0 Å². The van der Waals surface area contributed by atoms with Crippen molar-refractivity contribution < 1.29 is 14.2 Å². The van der Waals surface area contributed by atoms with Gasteiger partial charge in [0.25, 0.3) is 0 Å². The predicted octanol–water partition coefficient (Wildman–Crippen LogP) is 2.97. The summed E-state index contributed by atoms with van der Waals surface area (Å²) in [6.07, 6.45) is 0. The summed E-state index contributed by atoms with van der Waals surface area (Å²) in [4.78, 5) is 6.89. The van der Waals surface area contributed by atoms with Crippen LogP contribution < -0.4 is 15.4 Å². The fourth-order valence-electron chi connectivity index (χ4n) is 3.85. The van der Waals surface area contributed by atoms with E-state index in [0.29, 0.717) is 19.8 Å². The Balaban J connectivity index is 1.63. The highest BCUT2D eigenvalue weighted by Gasteiger charge is 2.23. The van der Waals surface area contributed by atoms with Crippen LogP contribution in [0.1, 0.15) is 29.7 Å². The molecule has 0 spiro atoms. The monoisotopic (exact) mass is 440 g/mol. The Labute approximate surface area is 191 Å². The van der Waals surface area contributed by atoms with Gasteiger partial charge in [0.1, 0.15) is 5.75 Å². The first-order chi connectivity index (χ1) is 15.7. The third-order valence-electron chi connectivity index (χ3n) is 5.70. The number of aliphatic imine (C=N–C) groups is 1. The van der Waals surface area contributed by atoms with Gasteiger partial charge in [-0.15, -0.1) is 0 Å². The van der Waals surface area contributed by atoms with Crippen molar-refractivity contribution in [3.8, 4) is 5.75 Å². The zero-order valence-electron chi connectivity index (χ0n) is 19.5. The first kappa shape index (κ1) is 24.0. The highest BCUT2D eigenvalue weighted by Crippen LogP contribution is 2.23. The zero-order valence-corrected chi connectivity index (χ0v) is 19.5. The van der Waals surface area contributed by atoms with E-state index in [-0.39, 0.29) is 6.04 Å². The Morgan fingerprint density at radius 3 is 2.44 bits per heavy atom. The number of ether oxygens (including phenoxy) is 3. The molecule has 32 heavy (non-hydrogen) atoms. The van der Waals surface area contributed by atoms with Gasteiger partial charge in [-0.2, -0.15) is 0 Å². The lowest BCUT2D eigenvalue weighted by atomic mass is 10.0. The molecule has 2 aromatic carbocycles. The Morgan fingerprint density at radius 2 is 1.78 bits per heavy atom. The van der Waals surface area contributed by atoms with Gasteiger partial charge in [0.2, 0.25) is 0 Å². The van der Waals surface area contributed by atoms with Crippen molar-refractivity contribution >= 4 is 5.96 Å². The standard InChI is InChI=1S/C25H36N4O3/c1-4-31-19-22-8-6-5-7-21(22)17-27-25(26-2)28-18-24(29-13-15-32-16-14-29)20-9-11-23(30-3)12-10-20/h5-12,24H,4,13-19H2,1-3H3,(H2,26,27,28). The molecule has 1 heterocycles. The van der Waals surface area contributed by atoms with Crippen LogP contribution in [-0.2, 0) is 22.6 Å². The maximum Gasteiger partial charge on any atom is 0.191 e. The molecule has 1 fully saturated rings. The molecule has 7 heteroatoms. The summed E-state index contributed by atoms with van der Waals surface area (Å²) in [6, 6.07) is 16.9. The van der Waals surface area contributed by atoms with Crippen molar-refractivity contribution in [2.75, 3.05) is 53.6 Å². The number of hydrogen-bond donors (Lipinski definition) is 2. The van der Waals surface area contributed by atoms with Crippen LogP contribution in [0.15, 0.2) is 53.5 Å². The van der Waals surface area contributed by atoms with Crippen LogP contribution >= 0.6 is 0 Å². The van der Waals surface area contributed by atoms with E-state index in [1.807, 2.05) is 25.1 Å². The summed E-state index contributed by atoms with van der Waals surface area (Å²) in [5.41, 5.74) is 3.66. The minimum absolute atomic E-state index is 0.216. The molecule has 1 atom stereocenters. The van der Waals surface area contributed by atoms with Gasteiger partial charge >= 0.3 is 0 Å². The van der Waals surface area contributed by atoms with E-state index in [0.717, 1.165) is 44.6 Å². The van der Waals surface area contributed by atoms with Gasteiger partial charge in [-0.3, -0.25) is 9.89 Å². The van der Waals surface area contributed by atoms with Crippen LogP contribution in [0.3, 0.4) is 0 Å². The number of nitrogens with one attached hydrogen (secondary N) is 2. The van der Waals surface area contributed by atoms with Gasteiger partial charge in [0.05, 0.1) is 33.0 Å². The molecule has 0 bridgehead atoms. The number of guanidine groups is 1. The van der Waals surface area contributed by atoms with Gasteiger partial charge in [-0.25, -0.2) is 0 Å². The molecular weight excluding hydrogens is 404 g/mol. The van der Waals surface area contributed by atoms with Crippen molar-refractivity contribution in [3.63, 3.8) is 0 Å². The summed E-state index contributed by atoms with van der Waals surface area (Å²) in [5.74, 6) is 1.65. The maximum absolute atomic E-state index is 5.61. The van der Waals surface area contributed by atoms with Crippen LogP contribution in [0.2, 0.25) is 0 Å². The molecule has 1 saturated heterocycles. The molecule has 1 aliphatic heterocycles. The second-order valence-corrected chi connectivity index (χ2v) is 7.65. The van der Waals surface area contributed by atoms with E-state index < -0.39 is 0 Å². The minimum atomic E-state index is 0.216. The molecule has 2 N–H and O–H groups in total. The SMILES string of the molecule is CCOCc1ccccc1CNC(=NC)NCC(c1ccc(OC)cc1)N1CCOCC1. The number of methoxy groups -OCH3 is 1. The summed E-state index contributed by atoms with van der Waals surface area (Å²) in [6.45, 7) is 8.12. The van der Waals surface area contributed by atoms with Gasteiger partial charge in [0, 0.05) is 39.8 Å². The quantitative estimate of drug-likeness (QED) is 0.437. The van der Waals surface area contributed by atoms with Crippen molar-refractivity contribution in [1.82, 2.24) is 15.5 Å². The second-order valence-electron chi connectivity index (χ2n) is 7.65. The average Bonchev–Trinajstić information content (AvgIpc) is 2.86. The average molecular weight is 441 g/mol. The topological polar surface area (TPSA) is 67.3 Å². The predicted molar refractivity (Wildman–Crippen MR) is 128 cm³/mol. The van der Waals surface area contributed by atoms with E-state index >= 15 is 0 Å². The van der Waals surface area contributed by atoms with E-state index in [9.17, 15) is 0 Å². The van der Waals surface area contributed by atoms with Crippen molar-refractivity contribution in [1.29, 1.82) is 0 Å². The molecule has 2 aromatic rings. The number of benzene rings is 2. The van der Waals surface area contributed by atoms with Crippen LogP contribution in [0, 0.1) is 0 Å². The summed E-state index contributed by atoms with van der Waals surface area (Å²) in [7, 11) is 3.50. The van der Waals surface area contributed by atoms with E-state index in [1.165, 1.54) is 16.7 Å². The van der Waals surface area contributed by atoms with Crippen LogP contribution in [-0.4, -0.2) is 64.5 Å². The molecule has 0 amide bonds. The molecule has 174 valence electrons. The highest BCUT2D eigenvalue weighted by molar-refractivity contribution is 5.79. The lowest BCUT2D eigenvalue weighted by Crippen LogP contribution is -2.46. The molecule has 0 radical (unpaired) electrons. The molecule has 0 aliphatic carbocycles. The van der Waals surface area contributed by atoms with E-state index in [1.54, 1.807) is 14.2 Å². The van der Waals surface area contributed by atoms with Crippen molar-refractivity contribution in [3.05, 3.63) is 65.2 Å². The molecule has 0 saturated carbocycles. The first-order valence-electron chi connectivity index (χ1n) is 11.3. The van der Waals surface area contributed by atoms with Crippen molar-refractivity contribution in [2.24, 2.45) is 4.99 Å². The molecule has 1 aliphatic rings.